The number of carbonyl (C=O) groups is 2. The fourth-order valence-corrected chi connectivity index (χ4v) is 3.72. The summed E-state index contributed by atoms with van der Waals surface area (Å²) in [5.74, 6) is -0.0779. The summed E-state index contributed by atoms with van der Waals surface area (Å²) in [5.41, 5.74) is 0.119. The van der Waals surface area contributed by atoms with Gasteiger partial charge in [0.25, 0.3) is 11.6 Å². The van der Waals surface area contributed by atoms with Gasteiger partial charge in [-0.3, -0.25) is 14.9 Å². The first-order chi connectivity index (χ1) is 13.9. The lowest BCUT2D eigenvalue weighted by molar-refractivity contribution is -0.385. The van der Waals surface area contributed by atoms with Crippen LogP contribution in [0.25, 0.3) is 0 Å². The molecule has 166 valence electrons. The molecule has 30 heavy (non-hydrogen) atoms. The van der Waals surface area contributed by atoms with Crippen LogP contribution in [-0.4, -0.2) is 58.0 Å². The smallest absolute Gasteiger partial charge is 0.410 e. The van der Waals surface area contributed by atoms with E-state index in [1.54, 1.807) is 28.9 Å². The van der Waals surface area contributed by atoms with Crippen molar-refractivity contribution < 1.29 is 19.2 Å². The number of nitro benzene ring substituents is 1. The molecule has 0 bridgehead atoms. The minimum Gasteiger partial charge on any atom is -0.444 e. The highest BCUT2D eigenvalue weighted by molar-refractivity contribution is 5.96. The molecule has 1 aliphatic rings. The number of amides is 2. The Morgan fingerprint density at radius 2 is 2.00 bits per heavy atom. The van der Waals surface area contributed by atoms with Crippen LogP contribution in [0.3, 0.4) is 0 Å². The first-order valence-electron chi connectivity index (χ1n) is 10.4. The van der Waals surface area contributed by atoms with Gasteiger partial charge in [-0.15, -0.1) is 0 Å². The second-order valence-corrected chi connectivity index (χ2v) is 9.19. The maximum atomic E-state index is 13.1. The number of nitro groups is 1. The minimum absolute atomic E-state index is 0.0232. The first kappa shape index (κ1) is 23.6. The van der Waals surface area contributed by atoms with Crippen LogP contribution in [0.15, 0.2) is 18.2 Å². The summed E-state index contributed by atoms with van der Waals surface area (Å²) < 4.78 is 5.54. The number of benzene rings is 1. The van der Waals surface area contributed by atoms with E-state index in [1.165, 1.54) is 6.07 Å². The minimum atomic E-state index is -0.571. The number of rotatable bonds is 5. The molecule has 1 aromatic carbocycles. The van der Waals surface area contributed by atoms with Gasteiger partial charge in [-0.1, -0.05) is 6.07 Å². The number of nitrogens with zero attached hydrogens (tertiary/aromatic N) is 3. The molecular formula is C22H33N3O5. The summed E-state index contributed by atoms with van der Waals surface area (Å²) in [5, 5.41) is 11.2. The molecule has 1 atom stereocenters. The zero-order chi connectivity index (χ0) is 22.6. The van der Waals surface area contributed by atoms with Gasteiger partial charge in [0.1, 0.15) is 5.60 Å². The molecule has 0 radical (unpaired) electrons. The molecule has 1 aliphatic heterocycles. The van der Waals surface area contributed by atoms with E-state index in [0.717, 1.165) is 12.8 Å². The Labute approximate surface area is 178 Å². The summed E-state index contributed by atoms with van der Waals surface area (Å²) in [4.78, 5) is 39.9. The zero-order valence-corrected chi connectivity index (χ0v) is 18.8. The van der Waals surface area contributed by atoms with E-state index in [-0.39, 0.29) is 29.6 Å². The molecule has 0 saturated carbocycles. The van der Waals surface area contributed by atoms with Crippen molar-refractivity contribution >= 4 is 17.7 Å². The number of piperidine rings is 1. The Morgan fingerprint density at radius 3 is 2.57 bits per heavy atom. The normalized spacial score (nSPS) is 17.0. The molecular weight excluding hydrogens is 386 g/mol. The van der Waals surface area contributed by atoms with Crippen LogP contribution in [0.2, 0.25) is 0 Å². The average molecular weight is 420 g/mol. The summed E-state index contributed by atoms with van der Waals surface area (Å²) in [6.45, 7) is 12.6. The van der Waals surface area contributed by atoms with Gasteiger partial charge in [-0.05, 0) is 66.4 Å². The van der Waals surface area contributed by atoms with E-state index in [0.29, 0.717) is 30.8 Å². The Morgan fingerprint density at radius 1 is 1.33 bits per heavy atom. The van der Waals surface area contributed by atoms with Gasteiger partial charge in [-0.2, -0.15) is 0 Å². The van der Waals surface area contributed by atoms with E-state index >= 15 is 0 Å². The predicted molar refractivity (Wildman–Crippen MR) is 115 cm³/mol. The number of likely N-dealkylation sites (tertiary alicyclic amines) is 1. The highest BCUT2D eigenvalue weighted by atomic mass is 16.6. The van der Waals surface area contributed by atoms with Gasteiger partial charge in [0.15, 0.2) is 0 Å². The third-order valence-corrected chi connectivity index (χ3v) is 5.24. The molecule has 1 aromatic rings. The van der Waals surface area contributed by atoms with Gasteiger partial charge < -0.3 is 14.5 Å². The summed E-state index contributed by atoms with van der Waals surface area (Å²) in [6.07, 6.45) is 1.38. The third-order valence-electron chi connectivity index (χ3n) is 5.24. The van der Waals surface area contributed by atoms with Gasteiger partial charge in [0.2, 0.25) is 0 Å². The zero-order valence-electron chi connectivity index (χ0n) is 18.8. The lowest BCUT2D eigenvalue weighted by Crippen LogP contribution is -2.48. The van der Waals surface area contributed by atoms with Crippen molar-refractivity contribution in [1.82, 2.24) is 9.80 Å². The molecule has 8 nitrogen and oxygen atoms in total. The van der Waals surface area contributed by atoms with E-state index in [4.69, 9.17) is 4.74 Å². The van der Waals surface area contributed by atoms with Gasteiger partial charge in [0.05, 0.1) is 4.92 Å². The SMILES string of the molecule is Cc1c(C(=O)N2CCCC(CN(C(=O)OC(C)(C)C)C(C)C)C2)cccc1[N+](=O)[O-]. The summed E-state index contributed by atoms with van der Waals surface area (Å²) >= 11 is 0. The standard InChI is InChI=1S/C22H33N3O5/c1-15(2)24(21(27)30-22(4,5)6)14-17-9-8-12-23(13-17)20(26)18-10-7-11-19(16(18)3)25(28)29/h7,10-11,15,17H,8-9,12-14H2,1-6H3. The van der Waals surface area contributed by atoms with Crippen LogP contribution in [0, 0.1) is 23.0 Å². The molecule has 0 aromatic heterocycles. The second kappa shape index (κ2) is 9.45. The number of ether oxygens (including phenoxy) is 1. The maximum absolute atomic E-state index is 13.1. The highest BCUT2D eigenvalue weighted by Gasteiger charge is 2.31. The van der Waals surface area contributed by atoms with Gasteiger partial charge in [-0.25, -0.2) is 4.79 Å². The van der Waals surface area contributed by atoms with E-state index in [9.17, 15) is 19.7 Å². The molecule has 0 N–H and O–H groups in total. The molecule has 0 spiro atoms. The van der Waals surface area contributed by atoms with Crippen LogP contribution in [0.4, 0.5) is 10.5 Å². The molecule has 1 unspecified atom stereocenters. The Bertz CT molecular complexity index is 800. The van der Waals surface area contributed by atoms with Crippen LogP contribution in [0.1, 0.15) is 63.4 Å². The maximum Gasteiger partial charge on any atom is 0.410 e. The predicted octanol–water partition coefficient (Wildman–Crippen LogP) is 4.40. The number of hydrogen-bond acceptors (Lipinski definition) is 5. The van der Waals surface area contributed by atoms with E-state index in [1.807, 2.05) is 34.6 Å². The largest absolute Gasteiger partial charge is 0.444 e. The summed E-state index contributed by atoms with van der Waals surface area (Å²) in [6, 6.07) is 4.56. The van der Waals surface area contributed by atoms with Crippen molar-refractivity contribution in [2.24, 2.45) is 5.92 Å². The van der Waals surface area contributed by atoms with Gasteiger partial charge >= 0.3 is 6.09 Å². The van der Waals surface area contributed by atoms with Crippen LogP contribution >= 0.6 is 0 Å². The van der Waals surface area contributed by atoms with Crippen LogP contribution < -0.4 is 0 Å². The van der Waals surface area contributed by atoms with Crippen molar-refractivity contribution in [3.8, 4) is 0 Å². The van der Waals surface area contributed by atoms with E-state index in [2.05, 4.69) is 0 Å². The second-order valence-electron chi connectivity index (χ2n) is 9.19. The quantitative estimate of drug-likeness (QED) is 0.521. The molecule has 2 amide bonds. The molecule has 1 saturated heterocycles. The monoisotopic (exact) mass is 419 g/mol. The molecule has 1 heterocycles. The Kier molecular flexibility index (Phi) is 7.44. The average Bonchev–Trinajstić information content (AvgIpc) is 2.64. The lowest BCUT2D eigenvalue weighted by Gasteiger charge is -2.37. The number of carbonyl (C=O) groups excluding carboxylic acids is 2. The van der Waals surface area contributed by atoms with E-state index < -0.39 is 10.5 Å². The first-order valence-corrected chi connectivity index (χ1v) is 10.4. The Hall–Kier alpha value is -2.64. The topological polar surface area (TPSA) is 93.0 Å². The van der Waals surface area contributed by atoms with Crippen LogP contribution in [-0.2, 0) is 4.74 Å². The summed E-state index contributed by atoms with van der Waals surface area (Å²) in [7, 11) is 0. The third kappa shape index (κ3) is 5.93. The number of hydrogen-bond donors (Lipinski definition) is 0. The highest BCUT2D eigenvalue weighted by Crippen LogP contribution is 2.26. The van der Waals surface area contributed by atoms with Crippen molar-refractivity contribution in [3.05, 3.63) is 39.4 Å². The molecule has 1 fully saturated rings. The van der Waals surface area contributed by atoms with Crippen LogP contribution in [0.5, 0.6) is 0 Å². The lowest BCUT2D eigenvalue weighted by atomic mass is 9.95. The molecule has 2 rings (SSSR count). The van der Waals surface area contributed by atoms with Crippen molar-refractivity contribution in [2.75, 3.05) is 19.6 Å². The Balaban J connectivity index is 2.13. The molecule has 8 heteroatoms. The van der Waals surface area contributed by atoms with Crippen molar-refractivity contribution in [3.63, 3.8) is 0 Å². The fourth-order valence-electron chi connectivity index (χ4n) is 3.72. The molecule has 0 aliphatic carbocycles. The van der Waals surface area contributed by atoms with Gasteiger partial charge in [0, 0.05) is 42.9 Å². The fraction of sp³-hybridized carbons (Fsp3) is 0.636. The van der Waals surface area contributed by atoms with Crippen molar-refractivity contribution in [1.29, 1.82) is 0 Å². The van der Waals surface area contributed by atoms with Crippen molar-refractivity contribution in [2.45, 2.75) is 66.0 Å².